The van der Waals surface area contributed by atoms with Gasteiger partial charge in [-0.1, -0.05) is 25.9 Å². The van der Waals surface area contributed by atoms with E-state index in [-0.39, 0.29) is 5.92 Å². The molecule has 2 aromatic heterocycles. The molecule has 2 unspecified atom stereocenters. The highest BCUT2D eigenvalue weighted by atomic mass is 16.5. The number of nitrogens with zero attached hydrogens (tertiary/aromatic N) is 2. The third kappa shape index (κ3) is 3.10. The molecule has 2 rings (SSSR count). The van der Waals surface area contributed by atoms with E-state index in [1.54, 1.807) is 6.26 Å². The predicted octanol–water partition coefficient (Wildman–Crippen LogP) is 3.52. The summed E-state index contributed by atoms with van der Waals surface area (Å²) < 4.78 is 10.8. The minimum atomic E-state index is 0.183. The Hall–Kier alpha value is -1.62. The third-order valence-electron chi connectivity index (χ3n) is 3.60. The van der Waals surface area contributed by atoms with Gasteiger partial charge in [-0.05, 0) is 37.9 Å². The Balaban J connectivity index is 2.13. The second-order valence-electron chi connectivity index (χ2n) is 5.15. The number of hydrogen-bond donors (Lipinski definition) is 1. The summed E-state index contributed by atoms with van der Waals surface area (Å²) in [6.45, 7) is 9.41. The minimum absolute atomic E-state index is 0.183. The summed E-state index contributed by atoms with van der Waals surface area (Å²) in [5.41, 5.74) is 1.01. The smallest absolute Gasteiger partial charge is 0.238 e. The van der Waals surface area contributed by atoms with Crippen molar-refractivity contribution in [2.45, 2.75) is 52.5 Å². The van der Waals surface area contributed by atoms with Crippen LogP contribution in [0, 0.1) is 6.92 Å². The van der Waals surface area contributed by atoms with Crippen LogP contribution in [0.25, 0.3) is 11.6 Å². The van der Waals surface area contributed by atoms with Crippen molar-refractivity contribution in [3.05, 3.63) is 23.8 Å². The number of rotatable bonds is 7. The maximum atomic E-state index is 5.41. The van der Waals surface area contributed by atoms with E-state index in [1.807, 2.05) is 13.0 Å². The van der Waals surface area contributed by atoms with Gasteiger partial charge in [0.2, 0.25) is 11.7 Å². The molecule has 5 heteroatoms. The van der Waals surface area contributed by atoms with Crippen molar-refractivity contribution in [1.29, 1.82) is 0 Å². The predicted molar refractivity (Wildman–Crippen MR) is 77.5 cm³/mol. The molecule has 1 N–H and O–H groups in total. The number of furan rings is 1. The van der Waals surface area contributed by atoms with Gasteiger partial charge in [-0.25, -0.2) is 0 Å². The zero-order valence-corrected chi connectivity index (χ0v) is 12.6. The van der Waals surface area contributed by atoms with E-state index in [4.69, 9.17) is 8.94 Å². The molecule has 0 bridgehead atoms. The maximum absolute atomic E-state index is 5.41. The SMILES string of the molecule is CCCNC(CC)C(C)c1nc(-c2occc2C)no1. The van der Waals surface area contributed by atoms with Crippen LogP contribution in [-0.4, -0.2) is 22.7 Å². The molecule has 0 aliphatic rings. The zero-order valence-electron chi connectivity index (χ0n) is 12.6. The second-order valence-corrected chi connectivity index (χ2v) is 5.15. The lowest BCUT2D eigenvalue weighted by Crippen LogP contribution is -2.33. The lowest BCUT2D eigenvalue weighted by atomic mass is 9.99. The molecule has 0 amide bonds. The molecule has 2 heterocycles. The Kier molecular flexibility index (Phi) is 4.95. The van der Waals surface area contributed by atoms with Gasteiger partial charge in [-0.3, -0.25) is 0 Å². The summed E-state index contributed by atoms with van der Waals surface area (Å²) in [7, 11) is 0. The first kappa shape index (κ1) is 14.8. The fourth-order valence-electron chi connectivity index (χ4n) is 2.29. The molecule has 0 radical (unpaired) electrons. The second kappa shape index (κ2) is 6.70. The summed E-state index contributed by atoms with van der Waals surface area (Å²) in [5.74, 6) is 2.05. The van der Waals surface area contributed by atoms with Crippen LogP contribution in [-0.2, 0) is 0 Å². The molecule has 0 saturated heterocycles. The lowest BCUT2D eigenvalue weighted by Gasteiger charge is -2.20. The Morgan fingerprint density at radius 2 is 2.15 bits per heavy atom. The Bertz CT molecular complexity index is 533. The van der Waals surface area contributed by atoms with Crippen LogP contribution < -0.4 is 5.32 Å². The average Bonchev–Trinajstić information content (AvgIpc) is 3.07. The summed E-state index contributed by atoms with van der Waals surface area (Å²) in [6, 6.07) is 2.24. The van der Waals surface area contributed by atoms with Gasteiger partial charge in [0, 0.05) is 6.04 Å². The highest BCUT2D eigenvalue weighted by molar-refractivity contribution is 5.51. The van der Waals surface area contributed by atoms with Crippen molar-refractivity contribution < 1.29 is 8.94 Å². The van der Waals surface area contributed by atoms with Gasteiger partial charge in [0.25, 0.3) is 0 Å². The van der Waals surface area contributed by atoms with Crippen LogP contribution in [0.15, 0.2) is 21.3 Å². The molecular weight excluding hydrogens is 254 g/mol. The zero-order chi connectivity index (χ0) is 14.5. The van der Waals surface area contributed by atoms with Crippen LogP contribution >= 0.6 is 0 Å². The average molecular weight is 277 g/mol. The molecule has 0 aromatic carbocycles. The molecule has 2 atom stereocenters. The number of aryl methyl sites for hydroxylation is 1. The summed E-state index contributed by atoms with van der Waals surface area (Å²) in [6.07, 6.45) is 3.78. The van der Waals surface area contributed by atoms with E-state index in [2.05, 4.69) is 36.2 Å². The van der Waals surface area contributed by atoms with Gasteiger partial charge in [0.05, 0.1) is 12.2 Å². The Morgan fingerprint density at radius 3 is 2.75 bits per heavy atom. The first-order chi connectivity index (χ1) is 9.67. The quantitative estimate of drug-likeness (QED) is 0.839. The van der Waals surface area contributed by atoms with Crippen LogP contribution in [0.2, 0.25) is 0 Å². The van der Waals surface area contributed by atoms with Crippen LogP contribution in [0.3, 0.4) is 0 Å². The van der Waals surface area contributed by atoms with E-state index >= 15 is 0 Å². The van der Waals surface area contributed by atoms with Gasteiger partial charge in [0.15, 0.2) is 5.76 Å². The van der Waals surface area contributed by atoms with Crippen LogP contribution in [0.1, 0.15) is 51.0 Å². The van der Waals surface area contributed by atoms with Gasteiger partial charge < -0.3 is 14.3 Å². The molecule has 0 spiro atoms. The third-order valence-corrected chi connectivity index (χ3v) is 3.60. The number of aromatic nitrogens is 2. The van der Waals surface area contributed by atoms with Crippen molar-refractivity contribution >= 4 is 0 Å². The molecule has 0 saturated carbocycles. The Morgan fingerprint density at radius 1 is 1.35 bits per heavy atom. The molecule has 0 fully saturated rings. The van der Waals surface area contributed by atoms with Crippen molar-refractivity contribution in [2.75, 3.05) is 6.54 Å². The molecule has 2 aromatic rings. The molecular formula is C15H23N3O2. The van der Waals surface area contributed by atoms with E-state index in [1.165, 1.54) is 0 Å². The highest BCUT2D eigenvalue weighted by Crippen LogP contribution is 2.25. The number of nitrogens with one attached hydrogen (secondary N) is 1. The summed E-state index contributed by atoms with van der Waals surface area (Å²) in [4.78, 5) is 4.48. The van der Waals surface area contributed by atoms with E-state index < -0.39 is 0 Å². The fraction of sp³-hybridized carbons (Fsp3) is 0.600. The topological polar surface area (TPSA) is 64.1 Å². The van der Waals surface area contributed by atoms with Crippen molar-refractivity contribution in [3.63, 3.8) is 0 Å². The van der Waals surface area contributed by atoms with Crippen LogP contribution in [0.4, 0.5) is 0 Å². The summed E-state index contributed by atoms with van der Waals surface area (Å²) in [5, 5.41) is 7.55. The lowest BCUT2D eigenvalue weighted by molar-refractivity contribution is 0.319. The highest BCUT2D eigenvalue weighted by Gasteiger charge is 2.23. The molecule has 20 heavy (non-hydrogen) atoms. The van der Waals surface area contributed by atoms with Crippen molar-refractivity contribution in [2.24, 2.45) is 0 Å². The van der Waals surface area contributed by atoms with E-state index in [0.29, 0.717) is 23.5 Å². The first-order valence-corrected chi connectivity index (χ1v) is 7.28. The van der Waals surface area contributed by atoms with Gasteiger partial charge in [-0.15, -0.1) is 0 Å². The summed E-state index contributed by atoms with van der Waals surface area (Å²) >= 11 is 0. The van der Waals surface area contributed by atoms with Crippen molar-refractivity contribution in [1.82, 2.24) is 15.5 Å². The van der Waals surface area contributed by atoms with Gasteiger partial charge in [-0.2, -0.15) is 4.98 Å². The van der Waals surface area contributed by atoms with Gasteiger partial charge in [0.1, 0.15) is 0 Å². The molecule has 0 aliphatic heterocycles. The standard InChI is InChI=1S/C15H23N3O2/c1-5-8-16-12(6-2)11(4)15-17-14(18-20-15)13-10(3)7-9-19-13/h7,9,11-12,16H,5-6,8H2,1-4H3. The van der Waals surface area contributed by atoms with Crippen LogP contribution in [0.5, 0.6) is 0 Å². The monoisotopic (exact) mass is 277 g/mol. The van der Waals surface area contributed by atoms with Gasteiger partial charge >= 0.3 is 0 Å². The largest absolute Gasteiger partial charge is 0.461 e. The normalized spacial score (nSPS) is 14.4. The van der Waals surface area contributed by atoms with E-state index in [9.17, 15) is 0 Å². The minimum Gasteiger partial charge on any atom is -0.461 e. The maximum Gasteiger partial charge on any atom is 0.238 e. The van der Waals surface area contributed by atoms with Crippen molar-refractivity contribution in [3.8, 4) is 11.6 Å². The molecule has 5 nitrogen and oxygen atoms in total. The fourth-order valence-corrected chi connectivity index (χ4v) is 2.29. The molecule has 110 valence electrons. The van der Waals surface area contributed by atoms with E-state index in [0.717, 1.165) is 24.9 Å². The number of hydrogen-bond acceptors (Lipinski definition) is 5. The Labute approximate surface area is 119 Å². The molecule has 0 aliphatic carbocycles. The first-order valence-electron chi connectivity index (χ1n) is 7.28.